The molecule has 1 aliphatic heterocycles. The van der Waals surface area contributed by atoms with Crippen molar-refractivity contribution in [2.45, 2.75) is 32.4 Å². The number of hydrogen-bond donors (Lipinski definition) is 2. The van der Waals surface area contributed by atoms with Gasteiger partial charge in [-0.1, -0.05) is 0 Å². The zero-order chi connectivity index (χ0) is 19.9. The summed E-state index contributed by atoms with van der Waals surface area (Å²) in [6, 6.07) is 4.07. The number of halogens is 1. The van der Waals surface area contributed by atoms with Gasteiger partial charge in [-0.2, -0.15) is 0 Å². The second-order valence-electron chi connectivity index (χ2n) is 7.03. The Balaban J connectivity index is 0.00000392. The third-order valence-corrected chi connectivity index (χ3v) is 5.54. The van der Waals surface area contributed by atoms with Crippen LogP contribution in [0.25, 0.3) is 0 Å². The predicted octanol–water partition coefficient (Wildman–Crippen LogP) is 1.57. The second kappa shape index (κ2) is 12.0. The van der Waals surface area contributed by atoms with Crippen LogP contribution in [0.5, 0.6) is 0 Å². The molecule has 0 spiro atoms. The number of nitrogens with zero attached hydrogens (tertiary/aromatic N) is 2. The standard InChI is InChI=1S/C18H32N4O4S.HI/c1-14(7-12-27(4,23)24)21-18(19-3)20-13-16(17-6-5-15(2)26-17)22-8-10-25-11-9-22;/h5-6,14,16H,7-13H2,1-4H3,(H2,19,20,21);1H. The molecule has 1 aromatic heterocycles. The van der Waals surface area contributed by atoms with Crippen molar-refractivity contribution >= 4 is 39.8 Å². The highest BCUT2D eigenvalue weighted by Gasteiger charge is 2.25. The van der Waals surface area contributed by atoms with Gasteiger partial charge in [0.05, 0.1) is 25.0 Å². The van der Waals surface area contributed by atoms with E-state index in [4.69, 9.17) is 9.15 Å². The predicted molar refractivity (Wildman–Crippen MR) is 122 cm³/mol. The van der Waals surface area contributed by atoms with Crippen LogP contribution in [0.15, 0.2) is 21.5 Å². The summed E-state index contributed by atoms with van der Waals surface area (Å²) in [6.07, 6.45) is 1.79. The van der Waals surface area contributed by atoms with E-state index in [1.165, 1.54) is 6.26 Å². The fourth-order valence-corrected chi connectivity index (χ4v) is 3.80. The zero-order valence-electron chi connectivity index (χ0n) is 17.1. The van der Waals surface area contributed by atoms with Crippen molar-refractivity contribution in [3.05, 3.63) is 23.7 Å². The van der Waals surface area contributed by atoms with Crippen molar-refractivity contribution in [2.75, 3.05) is 51.9 Å². The van der Waals surface area contributed by atoms with Crippen molar-refractivity contribution in [1.29, 1.82) is 0 Å². The summed E-state index contributed by atoms with van der Waals surface area (Å²) >= 11 is 0. The Hall–Kier alpha value is -0.850. The maximum atomic E-state index is 11.3. The molecule has 8 nitrogen and oxygen atoms in total. The normalized spacial score (nSPS) is 18.2. The van der Waals surface area contributed by atoms with Gasteiger partial charge in [0, 0.05) is 39.0 Å². The molecular weight excluding hydrogens is 495 g/mol. The van der Waals surface area contributed by atoms with Crippen LogP contribution in [-0.2, 0) is 14.6 Å². The number of guanidine groups is 1. The van der Waals surface area contributed by atoms with Crippen LogP contribution < -0.4 is 10.6 Å². The monoisotopic (exact) mass is 528 g/mol. The average molecular weight is 528 g/mol. The summed E-state index contributed by atoms with van der Waals surface area (Å²) in [5, 5.41) is 6.60. The number of aliphatic imine (C=N–C) groups is 1. The largest absolute Gasteiger partial charge is 0.465 e. The molecule has 1 aromatic rings. The minimum Gasteiger partial charge on any atom is -0.465 e. The van der Waals surface area contributed by atoms with E-state index < -0.39 is 9.84 Å². The Bertz CT molecular complexity index is 717. The van der Waals surface area contributed by atoms with Crippen LogP contribution >= 0.6 is 24.0 Å². The van der Waals surface area contributed by atoms with Gasteiger partial charge >= 0.3 is 0 Å². The number of rotatable bonds is 8. The third-order valence-electron chi connectivity index (χ3n) is 4.57. The SMILES string of the molecule is CN=C(NCC(c1ccc(C)o1)N1CCOCC1)NC(C)CCS(C)(=O)=O.I. The van der Waals surface area contributed by atoms with Crippen molar-refractivity contribution in [3.8, 4) is 0 Å². The third kappa shape index (κ3) is 8.66. The number of hydrogen-bond acceptors (Lipinski definition) is 6. The van der Waals surface area contributed by atoms with Crippen molar-refractivity contribution < 1.29 is 17.6 Å². The number of ether oxygens (including phenoxy) is 1. The quantitative estimate of drug-likeness (QED) is 0.301. The summed E-state index contributed by atoms with van der Waals surface area (Å²) in [5.41, 5.74) is 0. The highest BCUT2D eigenvalue weighted by molar-refractivity contribution is 14.0. The maximum Gasteiger partial charge on any atom is 0.191 e. The van der Waals surface area contributed by atoms with Crippen molar-refractivity contribution in [2.24, 2.45) is 4.99 Å². The molecule has 2 atom stereocenters. The molecule has 0 radical (unpaired) electrons. The molecule has 0 aliphatic carbocycles. The topological polar surface area (TPSA) is 96.2 Å². The molecule has 0 amide bonds. The first kappa shape index (κ1) is 25.2. The van der Waals surface area contributed by atoms with E-state index in [0.29, 0.717) is 32.1 Å². The Labute approximate surface area is 185 Å². The van der Waals surface area contributed by atoms with Gasteiger partial charge in [-0.3, -0.25) is 9.89 Å². The summed E-state index contributed by atoms with van der Waals surface area (Å²) in [6.45, 7) is 7.65. The smallest absolute Gasteiger partial charge is 0.191 e. The van der Waals surface area contributed by atoms with E-state index in [0.717, 1.165) is 24.6 Å². The molecule has 0 bridgehead atoms. The summed E-state index contributed by atoms with van der Waals surface area (Å²) in [4.78, 5) is 6.60. The van der Waals surface area contributed by atoms with Crippen LogP contribution in [0.1, 0.15) is 30.9 Å². The maximum absolute atomic E-state index is 11.3. The van der Waals surface area contributed by atoms with Crippen molar-refractivity contribution in [1.82, 2.24) is 15.5 Å². The molecule has 1 fully saturated rings. The van der Waals surface area contributed by atoms with Crippen molar-refractivity contribution in [3.63, 3.8) is 0 Å². The fourth-order valence-electron chi connectivity index (χ4n) is 3.02. The molecule has 2 heterocycles. The van der Waals surface area contributed by atoms with Gasteiger partial charge in [-0.25, -0.2) is 8.42 Å². The van der Waals surface area contributed by atoms with Gasteiger partial charge < -0.3 is 19.8 Å². The first-order valence-corrected chi connectivity index (χ1v) is 11.4. The van der Waals surface area contributed by atoms with Crippen LogP contribution in [0.4, 0.5) is 0 Å². The molecule has 2 rings (SSSR count). The van der Waals surface area contributed by atoms with Crippen LogP contribution in [0.2, 0.25) is 0 Å². The first-order chi connectivity index (χ1) is 12.8. The van der Waals surface area contributed by atoms with Crippen LogP contribution in [0.3, 0.4) is 0 Å². The van der Waals surface area contributed by atoms with E-state index in [9.17, 15) is 8.42 Å². The molecule has 0 aromatic carbocycles. The second-order valence-corrected chi connectivity index (χ2v) is 9.29. The van der Waals surface area contributed by atoms with Crippen LogP contribution in [0, 0.1) is 6.92 Å². The highest BCUT2D eigenvalue weighted by atomic mass is 127. The number of aryl methyl sites for hydroxylation is 1. The molecule has 1 aliphatic rings. The summed E-state index contributed by atoms with van der Waals surface area (Å²) < 4.78 is 34.0. The minimum atomic E-state index is -2.97. The fraction of sp³-hybridized carbons (Fsp3) is 0.722. The van der Waals surface area contributed by atoms with E-state index in [2.05, 4.69) is 20.5 Å². The molecule has 0 saturated carbocycles. The lowest BCUT2D eigenvalue weighted by Crippen LogP contribution is -2.48. The lowest BCUT2D eigenvalue weighted by Gasteiger charge is -2.33. The van der Waals surface area contributed by atoms with E-state index in [1.807, 2.05) is 26.0 Å². The minimum absolute atomic E-state index is 0. The van der Waals surface area contributed by atoms with Gasteiger partial charge in [0.1, 0.15) is 21.4 Å². The Morgan fingerprint density at radius 3 is 2.54 bits per heavy atom. The number of furan rings is 1. The zero-order valence-corrected chi connectivity index (χ0v) is 20.2. The van der Waals surface area contributed by atoms with E-state index in [-0.39, 0.29) is 41.8 Å². The molecule has 2 N–H and O–H groups in total. The van der Waals surface area contributed by atoms with E-state index >= 15 is 0 Å². The molecular formula is C18H33IN4O4S. The van der Waals surface area contributed by atoms with Gasteiger partial charge in [-0.15, -0.1) is 24.0 Å². The van der Waals surface area contributed by atoms with Gasteiger partial charge in [0.2, 0.25) is 0 Å². The Kier molecular flexibility index (Phi) is 10.8. The molecule has 1 saturated heterocycles. The molecule has 10 heteroatoms. The first-order valence-electron chi connectivity index (χ1n) is 9.31. The number of sulfone groups is 1. The molecule has 162 valence electrons. The van der Waals surface area contributed by atoms with E-state index in [1.54, 1.807) is 7.05 Å². The Morgan fingerprint density at radius 1 is 1.32 bits per heavy atom. The number of nitrogens with one attached hydrogen (secondary N) is 2. The lowest BCUT2D eigenvalue weighted by atomic mass is 10.1. The Morgan fingerprint density at radius 2 is 2.00 bits per heavy atom. The van der Waals surface area contributed by atoms with Gasteiger partial charge in [0.15, 0.2) is 5.96 Å². The van der Waals surface area contributed by atoms with Gasteiger partial charge in [-0.05, 0) is 32.4 Å². The summed E-state index contributed by atoms with van der Waals surface area (Å²) in [7, 11) is -1.26. The molecule has 2 unspecified atom stereocenters. The number of morpholine rings is 1. The lowest BCUT2D eigenvalue weighted by molar-refractivity contribution is 0.0124. The summed E-state index contributed by atoms with van der Waals surface area (Å²) in [5.74, 6) is 2.61. The van der Waals surface area contributed by atoms with Gasteiger partial charge in [0.25, 0.3) is 0 Å². The van der Waals surface area contributed by atoms with Crippen LogP contribution in [-0.4, -0.2) is 77.2 Å². The highest BCUT2D eigenvalue weighted by Crippen LogP contribution is 2.23. The molecule has 28 heavy (non-hydrogen) atoms. The average Bonchev–Trinajstić information content (AvgIpc) is 3.05.